The Balaban J connectivity index is 2.34. The summed E-state index contributed by atoms with van der Waals surface area (Å²) < 4.78 is 0. The van der Waals surface area contributed by atoms with Crippen LogP contribution in [0.2, 0.25) is 0 Å². The van der Waals surface area contributed by atoms with E-state index in [-0.39, 0.29) is 0 Å². The van der Waals surface area contributed by atoms with E-state index in [1.165, 1.54) is 38.9 Å². The van der Waals surface area contributed by atoms with Crippen LogP contribution in [0, 0.1) is 5.92 Å². The second kappa shape index (κ2) is 6.49. The van der Waals surface area contributed by atoms with Crippen LogP contribution in [-0.4, -0.2) is 36.6 Å². The highest BCUT2D eigenvalue weighted by Gasteiger charge is 2.22. The second-order valence-electron chi connectivity index (χ2n) is 5.41. The van der Waals surface area contributed by atoms with Crippen LogP contribution in [0.4, 0.5) is 0 Å². The Labute approximate surface area is 95.4 Å². The molecule has 0 bridgehead atoms. The van der Waals surface area contributed by atoms with Gasteiger partial charge in [0.15, 0.2) is 0 Å². The molecule has 0 aromatic rings. The van der Waals surface area contributed by atoms with Crippen molar-refractivity contribution in [1.82, 2.24) is 10.2 Å². The van der Waals surface area contributed by atoms with E-state index in [1.807, 2.05) is 0 Å². The predicted octanol–water partition coefficient (Wildman–Crippen LogP) is 2.49. The summed E-state index contributed by atoms with van der Waals surface area (Å²) in [6.07, 6.45) is 3.96. The van der Waals surface area contributed by atoms with Crippen LogP contribution in [-0.2, 0) is 0 Å². The van der Waals surface area contributed by atoms with Gasteiger partial charge in [0.05, 0.1) is 0 Å². The van der Waals surface area contributed by atoms with Crippen LogP contribution < -0.4 is 5.32 Å². The highest BCUT2D eigenvalue weighted by Crippen LogP contribution is 2.13. The molecule has 0 radical (unpaired) electrons. The molecule has 15 heavy (non-hydrogen) atoms. The first kappa shape index (κ1) is 13.0. The Hall–Kier alpha value is -0.0800. The summed E-state index contributed by atoms with van der Waals surface area (Å²) in [6.45, 7) is 12.9. The number of piperazine rings is 1. The van der Waals surface area contributed by atoms with E-state index in [2.05, 4.69) is 37.9 Å². The van der Waals surface area contributed by atoms with Crippen molar-refractivity contribution in [3.8, 4) is 0 Å². The fourth-order valence-electron chi connectivity index (χ4n) is 2.58. The largest absolute Gasteiger partial charge is 0.311 e. The molecule has 1 fully saturated rings. The number of nitrogens with one attached hydrogen (secondary N) is 1. The smallest absolute Gasteiger partial charge is 0.0198 e. The molecule has 0 saturated carbocycles. The van der Waals surface area contributed by atoms with Crippen molar-refractivity contribution in [3.63, 3.8) is 0 Å². The zero-order valence-corrected chi connectivity index (χ0v) is 10.9. The SMILES string of the molecule is CCCC(C)N1CCNC(CC(C)C)C1. The van der Waals surface area contributed by atoms with Gasteiger partial charge in [0.25, 0.3) is 0 Å². The van der Waals surface area contributed by atoms with E-state index < -0.39 is 0 Å². The van der Waals surface area contributed by atoms with Gasteiger partial charge in [0.1, 0.15) is 0 Å². The van der Waals surface area contributed by atoms with Gasteiger partial charge < -0.3 is 5.32 Å². The van der Waals surface area contributed by atoms with Crippen molar-refractivity contribution >= 4 is 0 Å². The fourth-order valence-corrected chi connectivity index (χ4v) is 2.58. The molecule has 0 aromatic carbocycles. The summed E-state index contributed by atoms with van der Waals surface area (Å²) in [4.78, 5) is 2.66. The van der Waals surface area contributed by atoms with Gasteiger partial charge in [-0.3, -0.25) is 4.90 Å². The molecule has 2 nitrogen and oxygen atoms in total. The van der Waals surface area contributed by atoms with E-state index in [9.17, 15) is 0 Å². The summed E-state index contributed by atoms with van der Waals surface area (Å²) >= 11 is 0. The topological polar surface area (TPSA) is 15.3 Å². The second-order valence-corrected chi connectivity index (χ2v) is 5.41. The molecule has 0 aliphatic carbocycles. The highest BCUT2D eigenvalue weighted by molar-refractivity contribution is 4.82. The number of hydrogen-bond donors (Lipinski definition) is 1. The van der Waals surface area contributed by atoms with E-state index in [0.29, 0.717) is 0 Å². The molecule has 90 valence electrons. The lowest BCUT2D eigenvalue weighted by molar-refractivity contribution is 0.137. The summed E-state index contributed by atoms with van der Waals surface area (Å²) in [5, 5.41) is 3.64. The quantitative estimate of drug-likeness (QED) is 0.753. The average Bonchev–Trinajstić information content (AvgIpc) is 2.17. The summed E-state index contributed by atoms with van der Waals surface area (Å²) in [6, 6.07) is 1.49. The van der Waals surface area contributed by atoms with Gasteiger partial charge in [-0.15, -0.1) is 0 Å². The normalized spacial score (nSPS) is 25.8. The molecular formula is C13H28N2. The maximum Gasteiger partial charge on any atom is 0.0198 e. The first-order valence-electron chi connectivity index (χ1n) is 6.61. The molecule has 1 rings (SSSR count). The van der Waals surface area contributed by atoms with Gasteiger partial charge in [-0.25, -0.2) is 0 Å². The van der Waals surface area contributed by atoms with Crippen molar-refractivity contribution in [2.45, 2.75) is 59.0 Å². The third kappa shape index (κ3) is 4.52. The summed E-state index contributed by atoms with van der Waals surface area (Å²) in [7, 11) is 0. The number of hydrogen-bond acceptors (Lipinski definition) is 2. The highest BCUT2D eigenvalue weighted by atomic mass is 15.2. The molecule has 1 saturated heterocycles. The third-order valence-electron chi connectivity index (χ3n) is 3.37. The summed E-state index contributed by atoms with van der Waals surface area (Å²) in [5.41, 5.74) is 0. The number of nitrogens with zero attached hydrogens (tertiary/aromatic N) is 1. The van der Waals surface area contributed by atoms with Crippen LogP contribution >= 0.6 is 0 Å². The van der Waals surface area contributed by atoms with E-state index >= 15 is 0 Å². The molecule has 2 heteroatoms. The molecule has 1 aliphatic heterocycles. The first-order chi connectivity index (χ1) is 7.13. The lowest BCUT2D eigenvalue weighted by atomic mass is 10.0. The lowest BCUT2D eigenvalue weighted by Crippen LogP contribution is -2.53. The third-order valence-corrected chi connectivity index (χ3v) is 3.37. The molecular weight excluding hydrogens is 184 g/mol. The first-order valence-corrected chi connectivity index (χ1v) is 6.61. The van der Waals surface area contributed by atoms with Gasteiger partial charge in [0, 0.05) is 31.7 Å². The van der Waals surface area contributed by atoms with E-state index in [0.717, 1.165) is 18.0 Å². The van der Waals surface area contributed by atoms with Crippen LogP contribution in [0.25, 0.3) is 0 Å². The average molecular weight is 212 g/mol. The standard InChI is InChI=1S/C13H28N2/c1-5-6-12(4)15-8-7-14-13(10-15)9-11(2)3/h11-14H,5-10H2,1-4H3. The van der Waals surface area contributed by atoms with Gasteiger partial charge in [-0.05, 0) is 25.7 Å². The zero-order chi connectivity index (χ0) is 11.3. The van der Waals surface area contributed by atoms with Crippen LogP contribution in [0.3, 0.4) is 0 Å². The number of rotatable bonds is 5. The molecule has 1 heterocycles. The molecule has 0 spiro atoms. The van der Waals surface area contributed by atoms with Crippen molar-refractivity contribution in [2.24, 2.45) is 5.92 Å². The summed E-state index contributed by atoms with van der Waals surface area (Å²) in [5.74, 6) is 0.809. The molecule has 2 unspecified atom stereocenters. The molecule has 1 N–H and O–H groups in total. The fraction of sp³-hybridized carbons (Fsp3) is 1.00. The van der Waals surface area contributed by atoms with Crippen LogP contribution in [0.15, 0.2) is 0 Å². The van der Waals surface area contributed by atoms with Gasteiger partial charge in [-0.2, -0.15) is 0 Å². The maximum atomic E-state index is 3.64. The predicted molar refractivity (Wildman–Crippen MR) is 67.2 cm³/mol. The van der Waals surface area contributed by atoms with Gasteiger partial charge in [0.2, 0.25) is 0 Å². The van der Waals surface area contributed by atoms with Crippen molar-refractivity contribution in [1.29, 1.82) is 0 Å². The van der Waals surface area contributed by atoms with Gasteiger partial charge in [-0.1, -0.05) is 27.2 Å². The molecule has 0 aromatic heterocycles. The van der Waals surface area contributed by atoms with E-state index in [4.69, 9.17) is 0 Å². The monoisotopic (exact) mass is 212 g/mol. The van der Waals surface area contributed by atoms with Crippen molar-refractivity contribution in [2.75, 3.05) is 19.6 Å². The lowest BCUT2D eigenvalue weighted by Gasteiger charge is -2.38. The zero-order valence-electron chi connectivity index (χ0n) is 10.9. The van der Waals surface area contributed by atoms with Crippen molar-refractivity contribution < 1.29 is 0 Å². The van der Waals surface area contributed by atoms with Crippen molar-refractivity contribution in [3.05, 3.63) is 0 Å². The maximum absolute atomic E-state index is 3.64. The van der Waals surface area contributed by atoms with Crippen LogP contribution in [0.5, 0.6) is 0 Å². The minimum Gasteiger partial charge on any atom is -0.311 e. The van der Waals surface area contributed by atoms with Gasteiger partial charge >= 0.3 is 0 Å². The Kier molecular flexibility index (Phi) is 5.62. The minimum absolute atomic E-state index is 0.720. The molecule has 2 atom stereocenters. The van der Waals surface area contributed by atoms with Crippen LogP contribution in [0.1, 0.15) is 47.0 Å². The Morgan fingerprint density at radius 3 is 2.67 bits per heavy atom. The van der Waals surface area contributed by atoms with E-state index in [1.54, 1.807) is 0 Å². The Morgan fingerprint density at radius 2 is 2.07 bits per heavy atom. The molecule has 1 aliphatic rings. The Morgan fingerprint density at radius 1 is 1.33 bits per heavy atom. The molecule has 0 amide bonds. The minimum atomic E-state index is 0.720. The Bertz CT molecular complexity index is 168.